The molecule has 5 heteroatoms. The summed E-state index contributed by atoms with van der Waals surface area (Å²) in [5, 5.41) is 2.56. The third-order valence-corrected chi connectivity index (χ3v) is 3.00. The first kappa shape index (κ1) is 16.1. The van der Waals surface area contributed by atoms with E-state index in [1.807, 2.05) is 13.8 Å². The average molecular weight is 278 g/mol. The van der Waals surface area contributed by atoms with Gasteiger partial charge in [0.15, 0.2) is 5.78 Å². The molecule has 1 aromatic rings. The van der Waals surface area contributed by atoms with Crippen LogP contribution in [0.15, 0.2) is 16.9 Å². The lowest BCUT2D eigenvalue weighted by molar-refractivity contribution is -0.125. The summed E-state index contributed by atoms with van der Waals surface area (Å²) in [5.74, 6) is -0.345. The van der Waals surface area contributed by atoms with E-state index in [4.69, 9.17) is 0 Å². The molecule has 0 aromatic carbocycles. The number of H-pyrrole nitrogens is 1. The maximum absolute atomic E-state index is 12.0. The Morgan fingerprint density at radius 3 is 2.35 bits per heavy atom. The Kier molecular flexibility index (Phi) is 4.87. The van der Waals surface area contributed by atoms with Gasteiger partial charge in [-0.3, -0.25) is 14.4 Å². The fourth-order valence-corrected chi connectivity index (χ4v) is 1.53. The van der Waals surface area contributed by atoms with Gasteiger partial charge in [-0.2, -0.15) is 0 Å². The zero-order chi connectivity index (χ0) is 15.5. The Hall–Kier alpha value is -1.91. The van der Waals surface area contributed by atoms with E-state index in [1.54, 1.807) is 26.8 Å². The Balaban J connectivity index is 2.83. The second kappa shape index (κ2) is 6.03. The number of nitrogens with one attached hydrogen (secondary N) is 2. The van der Waals surface area contributed by atoms with Crippen molar-refractivity contribution < 1.29 is 9.59 Å². The van der Waals surface area contributed by atoms with Crippen LogP contribution in [0, 0.1) is 5.41 Å². The van der Waals surface area contributed by atoms with Crippen molar-refractivity contribution in [3.8, 4) is 0 Å². The van der Waals surface area contributed by atoms with Crippen LogP contribution in [-0.4, -0.2) is 23.2 Å². The lowest BCUT2D eigenvalue weighted by Gasteiger charge is -2.16. The van der Waals surface area contributed by atoms with Crippen LogP contribution in [0.25, 0.3) is 0 Å². The molecule has 0 unspecified atom stereocenters. The normalized spacial score (nSPS) is 11.5. The summed E-state index contributed by atoms with van der Waals surface area (Å²) in [4.78, 5) is 38.0. The van der Waals surface area contributed by atoms with Gasteiger partial charge in [0, 0.05) is 22.7 Å². The third-order valence-electron chi connectivity index (χ3n) is 3.00. The lowest BCUT2D eigenvalue weighted by atomic mass is 9.91. The standard InChI is InChI=1S/C15H22N2O3/c1-9(2)11-6-10(7-13(19)17-11)14(20)16-8-12(18)15(3,4)5/h6-7,9H,8H2,1-5H3,(H,16,20)(H,17,19). The number of carbonyl (C=O) groups excluding carboxylic acids is 2. The summed E-state index contributed by atoms with van der Waals surface area (Å²) in [6, 6.07) is 2.88. The molecule has 2 N–H and O–H groups in total. The number of carbonyl (C=O) groups is 2. The van der Waals surface area contributed by atoms with E-state index in [0.29, 0.717) is 5.69 Å². The van der Waals surface area contributed by atoms with Crippen molar-refractivity contribution in [3.05, 3.63) is 33.7 Å². The van der Waals surface area contributed by atoms with Crippen molar-refractivity contribution in [2.24, 2.45) is 5.41 Å². The molecule has 0 radical (unpaired) electrons. The molecule has 1 heterocycles. The van der Waals surface area contributed by atoms with E-state index in [1.165, 1.54) is 6.07 Å². The van der Waals surface area contributed by atoms with E-state index in [0.717, 1.165) is 0 Å². The van der Waals surface area contributed by atoms with Gasteiger partial charge < -0.3 is 10.3 Å². The van der Waals surface area contributed by atoms with Crippen LogP contribution in [0.2, 0.25) is 0 Å². The number of aromatic nitrogens is 1. The van der Waals surface area contributed by atoms with Crippen molar-refractivity contribution in [1.82, 2.24) is 10.3 Å². The number of hydrogen-bond acceptors (Lipinski definition) is 3. The fourth-order valence-electron chi connectivity index (χ4n) is 1.53. The maximum atomic E-state index is 12.0. The summed E-state index contributed by atoms with van der Waals surface area (Å²) in [5.41, 5.74) is 0.164. The zero-order valence-corrected chi connectivity index (χ0v) is 12.7. The summed E-state index contributed by atoms with van der Waals surface area (Å²) >= 11 is 0. The van der Waals surface area contributed by atoms with Crippen molar-refractivity contribution in [1.29, 1.82) is 0 Å². The molecule has 0 saturated carbocycles. The molecule has 0 aliphatic heterocycles. The highest BCUT2D eigenvalue weighted by Crippen LogP contribution is 2.14. The number of aromatic amines is 1. The lowest BCUT2D eigenvalue weighted by Crippen LogP contribution is -2.35. The highest BCUT2D eigenvalue weighted by atomic mass is 16.2. The van der Waals surface area contributed by atoms with Crippen LogP contribution in [-0.2, 0) is 4.79 Å². The van der Waals surface area contributed by atoms with E-state index in [2.05, 4.69) is 10.3 Å². The average Bonchev–Trinajstić information content (AvgIpc) is 2.33. The topological polar surface area (TPSA) is 79.0 Å². The monoisotopic (exact) mass is 278 g/mol. The molecule has 0 atom stereocenters. The van der Waals surface area contributed by atoms with Gasteiger partial charge in [-0.1, -0.05) is 34.6 Å². The molecule has 0 bridgehead atoms. The second-order valence-electron chi connectivity index (χ2n) is 6.20. The SMILES string of the molecule is CC(C)c1cc(C(=O)NCC(=O)C(C)(C)C)cc(=O)[nH]1. The highest BCUT2D eigenvalue weighted by molar-refractivity contribution is 5.97. The largest absolute Gasteiger partial charge is 0.345 e. The predicted octanol–water partition coefficient (Wildman–Crippen LogP) is 1.84. The van der Waals surface area contributed by atoms with Crippen LogP contribution in [0.1, 0.15) is 56.6 Å². The zero-order valence-electron chi connectivity index (χ0n) is 12.7. The van der Waals surface area contributed by atoms with Crippen LogP contribution in [0.5, 0.6) is 0 Å². The molecular weight excluding hydrogens is 256 g/mol. The Morgan fingerprint density at radius 2 is 1.85 bits per heavy atom. The van der Waals surface area contributed by atoms with Crippen molar-refractivity contribution >= 4 is 11.7 Å². The summed E-state index contributed by atoms with van der Waals surface area (Å²) in [7, 11) is 0. The van der Waals surface area contributed by atoms with Crippen molar-refractivity contribution in [2.45, 2.75) is 40.5 Å². The Morgan fingerprint density at radius 1 is 1.25 bits per heavy atom. The molecule has 5 nitrogen and oxygen atoms in total. The number of Topliss-reactive ketones (excluding diaryl/α,β-unsaturated/α-hetero) is 1. The van der Waals surface area contributed by atoms with E-state index >= 15 is 0 Å². The van der Waals surface area contributed by atoms with Gasteiger partial charge in [-0.05, 0) is 12.0 Å². The van der Waals surface area contributed by atoms with Gasteiger partial charge in [-0.25, -0.2) is 0 Å². The van der Waals surface area contributed by atoms with Crippen LogP contribution >= 0.6 is 0 Å². The molecule has 20 heavy (non-hydrogen) atoms. The molecule has 1 amide bonds. The number of rotatable bonds is 4. The van der Waals surface area contributed by atoms with Gasteiger partial charge in [0.25, 0.3) is 5.91 Å². The van der Waals surface area contributed by atoms with E-state index < -0.39 is 11.3 Å². The third kappa shape index (κ3) is 4.33. The van der Waals surface area contributed by atoms with Crippen LogP contribution in [0.4, 0.5) is 0 Å². The van der Waals surface area contributed by atoms with Gasteiger partial charge in [0.05, 0.1) is 6.54 Å². The maximum Gasteiger partial charge on any atom is 0.251 e. The predicted molar refractivity (Wildman–Crippen MR) is 77.9 cm³/mol. The summed E-state index contributed by atoms with van der Waals surface area (Å²) in [6.45, 7) is 9.21. The van der Waals surface area contributed by atoms with Gasteiger partial charge >= 0.3 is 0 Å². The van der Waals surface area contributed by atoms with Crippen LogP contribution < -0.4 is 10.9 Å². The van der Waals surface area contributed by atoms with Crippen LogP contribution in [0.3, 0.4) is 0 Å². The molecule has 0 fully saturated rings. The first-order valence-electron chi connectivity index (χ1n) is 6.67. The molecular formula is C15H22N2O3. The Labute approximate surface area is 118 Å². The second-order valence-corrected chi connectivity index (χ2v) is 6.20. The minimum atomic E-state index is -0.496. The summed E-state index contributed by atoms with van der Waals surface area (Å²) < 4.78 is 0. The molecule has 1 aromatic heterocycles. The smallest absolute Gasteiger partial charge is 0.251 e. The van der Waals surface area contributed by atoms with Crippen molar-refractivity contribution in [2.75, 3.05) is 6.54 Å². The quantitative estimate of drug-likeness (QED) is 0.882. The minimum absolute atomic E-state index is 0.0356. The molecule has 0 saturated heterocycles. The molecule has 0 spiro atoms. The van der Waals surface area contributed by atoms with E-state index in [-0.39, 0.29) is 29.4 Å². The number of hydrogen-bond donors (Lipinski definition) is 2. The highest BCUT2D eigenvalue weighted by Gasteiger charge is 2.21. The molecule has 110 valence electrons. The molecule has 0 aliphatic carbocycles. The first-order chi connectivity index (χ1) is 9.11. The first-order valence-corrected chi connectivity index (χ1v) is 6.67. The van der Waals surface area contributed by atoms with Gasteiger partial charge in [-0.15, -0.1) is 0 Å². The molecule has 0 aliphatic rings. The van der Waals surface area contributed by atoms with Crippen molar-refractivity contribution in [3.63, 3.8) is 0 Å². The van der Waals surface area contributed by atoms with Gasteiger partial charge in [0.1, 0.15) is 0 Å². The number of pyridine rings is 1. The fraction of sp³-hybridized carbons (Fsp3) is 0.533. The Bertz CT molecular complexity index is 565. The number of amides is 1. The summed E-state index contributed by atoms with van der Waals surface area (Å²) in [6.07, 6.45) is 0. The van der Waals surface area contributed by atoms with E-state index in [9.17, 15) is 14.4 Å². The minimum Gasteiger partial charge on any atom is -0.345 e. The van der Waals surface area contributed by atoms with Gasteiger partial charge in [0.2, 0.25) is 5.56 Å². The molecule has 1 rings (SSSR count). The number of ketones is 1.